The molecule has 0 aliphatic heterocycles. The standard InChI is InChI=1S/C15H13ClN4O3/c1-17-13-7-6-10(8-14(13)20(22)23)9-18-19-15(21)11-4-2-3-5-12(11)16/h2-9,17H,1H3,(H,19,21)/b18-9+. The second kappa shape index (κ2) is 7.37. The minimum absolute atomic E-state index is 0.0751. The van der Waals surface area contributed by atoms with Crippen molar-refractivity contribution >= 4 is 35.1 Å². The molecule has 2 aromatic carbocycles. The fourth-order valence-corrected chi connectivity index (χ4v) is 2.08. The van der Waals surface area contributed by atoms with Gasteiger partial charge in [0.15, 0.2) is 0 Å². The van der Waals surface area contributed by atoms with Gasteiger partial charge in [0.1, 0.15) is 5.69 Å². The lowest BCUT2D eigenvalue weighted by Crippen LogP contribution is -2.17. The quantitative estimate of drug-likeness (QED) is 0.499. The van der Waals surface area contributed by atoms with Crippen molar-refractivity contribution in [1.29, 1.82) is 0 Å². The molecule has 0 bridgehead atoms. The fourth-order valence-electron chi connectivity index (χ4n) is 1.86. The summed E-state index contributed by atoms with van der Waals surface area (Å²) in [4.78, 5) is 22.4. The van der Waals surface area contributed by atoms with Crippen LogP contribution in [0.4, 0.5) is 11.4 Å². The smallest absolute Gasteiger partial charge is 0.292 e. The molecule has 0 unspecified atom stereocenters. The van der Waals surface area contributed by atoms with Crippen LogP contribution in [0.5, 0.6) is 0 Å². The third kappa shape index (κ3) is 4.04. The topological polar surface area (TPSA) is 96.6 Å². The summed E-state index contributed by atoms with van der Waals surface area (Å²) < 4.78 is 0. The number of benzene rings is 2. The summed E-state index contributed by atoms with van der Waals surface area (Å²) in [5.41, 5.74) is 3.42. The zero-order valence-corrected chi connectivity index (χ0v) is 12.9. The lowest BCUT2D eigenvalue weighted by Gasteiger charge is -2.03. The van der Waals surface area contributed by atoms with Gasteiger partial charge in [0, 0.05) is 18.7 Å². The van der Waals surface area contributed by atoms with Crippen molar-refractivity contribution in [3.8, 4) is 0 Å². The molecule has 0 aliphatic rings. The molecule has 0 saturated carbocycles. The molecule has 118 valence electrons. The zero-order valence-electron chi connectivity index (χ0n) is 12.1. The van der Waals surface area contributed by atoms with E-state index in [0.29, 0.717) is 21.8 Å². The van der Waals surface area contributed by atoms with E-state index in [1.54, 1.807) is 43.4 Å². The second-order valence-corrected chi connectivity index (χ2v) is 4.87. The summed E-state index contributed by atoms with van der Waals surface area (Å²) in [5, 5.41) is 17.8. The molecule has 0 heterocycles. The minimum atomic E-state index is -0.495. The number of hydrogen-bond acceptors (Lipinski definition) is 5. The number of anilines is 1. The Morgan fingerprint density at radius 1 is 1.30 bits per heavy atom. The van der Waals surface area contributed by atoms with E-state index in [1.807, 2.05) is 0 Å². The molecule has 7 nitrogen and oxygen atoms in total. The summed E-state index contributed by atoms with van der Waals surface area (Å²) in [6.07, 6.45) is 1.32. The van der Waals surface area contributed by atoms with Gasteiger partial charge in [0.05, 0.1) is 21.7 Å². The van der Waals surface area contributed by atoms with E-state index in [2.05, 4.69) is 15.8 Å². The largest absolute Gasteiger partial charge is 0.383 e. The number of nitrogens with zero attached hydrogens (tertiary/aromatic N) is 2. The molecule has 0 aliphatic carbocycles. The van der Waals surface area contributed by atoms with Crippen LogP contribution < -0.4 is 10.7 Å². The normalized spacial score (nSPS) is 10.5. The van der Waals surface area contributed by atoms with E-state index in [9.17, 15) is 14.9 Å². The molecule has 0 saturated heterocycles. The summed E-state index contributed by atoms with van der Waals surface area (Å²) in [6, 6.07) is 11.1. The Balaban J connectivity index is 2.12. The van der Waals surface area contributed by atoms with Gasteiger partial charge in [-0.25, -0.2) is 5.43 Å². The molecular formula is C15H13ClN4O3. The molecule has 0 aromatic heterocycles. The van der Waals surface area contributed by atoms with Gasteiger partial charge in [-0.2, -0.15) is 5.10 Å². The van der Waals surface area contributed by atoms with Crippen LogP contribution >= 0.6 is 11.6 Å². The molecule has 0 radical (unpaired) electrons. The van der Waals surface area contributed by atoms with Crippen molar-refractivity contribution in [3.63, 3.8) is 0 Å². The van der Waals surface area contributed by atoms with Gasteiger partial charge in [0.2, 0.25) is 0 Å². The number of nitro benzene ring substituents is 1. The van der Waals surface area contributed by atoms with Crippen LogP contribution in [-0.2, 0) is 0 Å². The molecule has 8 heteroatoms. The van der Waals surface area contributed by atoms with E-state index in [4.69, 9.17) is 11.6 Å². The first kappa shape index (κ1) is 16.4. The van der Waals surface area contributed by atoms with E-state index in [0.717, 1.165) is 0 Å². The van der Waals surface area contributed by atoms with Gasteiger partial charge in [0.25, 0.3) is 11.6 Å². The lowest BCUT2D eigenvalue weighted by molar-refractivity contribution is -0.383. The van der Waals surface area contributed by atoms with Gasteiger partial charge in [-0.05, 0) is 18.2 Å². The van der Waals surface area contributed by atoms with Gasteiger partial charge >= 0.3 is 0 Å². The van der Waals surface area contributed by atoms with Crippen molar-refractivity contribution in [2.45, 2.75) is 0 Å². The Labute approximate surface area is 137 Å². The second-order valence-electron chi connectivity index (χ2n) is 4.46. The molecule has 0 spiro atoms. The summed E-state index contributed by atoms with van der Waals surface area (Å²) in [7, 11) is 1.60. The van der Waals surface area contributed by atoms with E-state index >= 15 is 0 Å². The van der Waals surface area contributed by atoms with Gasteiger partial charge < -0.3 is 5.32 Å². The maximum Gasteiger partial charge on any atom is 0.292 e. The first-order valence-electron chi connectivity index (χ1n) is 6.57. The summed E-state index contributed by atoms with van der Waals surface area (Å²) in [6.45, 7) is 0. The van der Waals surface area contributed by atoms with Crippen LogP contribution in [-0.4, -0.2) is 24.1 Å². The van der Waals surface area contributed by atoms with Crippen LogP contribution in [0, 0.1) is 10.1 Å². The number of carbonyl (C=O) groups excluding carboxylic acids is 1. The monoisotopic (exact) mass is 332 g/mol. The summed E-state index contributed by atoms with van der Waals surface area (Å²) in [5.74, 6) is -0.465. The first-order chi connectivity index (χ1) is 11.0. The highest BCUT2D eigenvalue weighted by molar-refractivity contribution is 6.33. The highest BCUT2D eigenvalue weighted by Crippen LogP contribution is 2.24. The van der Waals surface area contributed by atoms with Crippen LogP contribution in [0.1, 0.15) is 15.9 Å². The van der Waals surface area contributed by atoms with Crippen LogP contribution in [0.3, 0.4) is 0 Å². The molecule has 23 heavy (non-hydrogen) atoms. The zero-order chi connectivity index (χ0) is 16.8. The first-order valence-corrected chi connectivity index (χ1v) is 6.95. The average Bonchev–Trinajstić information content (AvgIpc) is 2.55. The third-order valence-corrected chi connectivity index (χ3v) is 3.32. The van der Waals surface area contributed by atoms with Crippen LogP contribution in [0.15, 0.2) is 47.6 Å². The molecule has 2 aromatic rings. The Morgan fingerprint density at radius 2 is 2.04 bits per heavy atom. The van der Waals surface area contributed by atoms with Crippen molar-refractivity contribution in [2.75, 3.05) is 12.4 Å². The molecule has 0 fully saturated rings. The lowest BCUT2D eigenvalue weighted by atomic mass is 10.2. The fraction of sp³-hybridized carbons (Fsp3) is 0.0667. The highest BCUT2D eigenvalue weighted by atomic mass is 35.5. The maximum absolute atomic E-state index is 11.9. The number of halogens is 1. The Hall–Kier alpha value is -2.93. The molecule has 2 rings (SSSR count). The number of nitrogens with one attached hydrogen (secondary N) is 2. The number of hydrogen-bond donors (Lipinski definition) is 2. The summed E-state index contributed by atoms with van der Waals surface area (Å²) >= 11 is 5.91. The van der Waals surface area contributed by atoms with Crippen molar-refractivity contribution in [3.05, 3.63) is 68.7 Å². The van der Waals surface area contributed by atoms with Crippen molar-refractivity contribution in [1.82, 2.24) is 5.43 Å². The number of hydrazone groups is 1. The van der Waals surface area contributed by atoms with E-state index < -0.39 is 10.8 Å². The Kier molecular flexibility index (Phi) is 5.27. The Morgan fingerprint density at radius 3 is 2.70 bits per heavy atom. The molecule has 2 N–H and O–H groups in total. The SMILES string of the molecule is CNc1ccc(/C=N/NC(=O)c2ccccc2Cl)cc1[N+](=O)[O-]. The van der Waals surface area contributed by atoms with Crippen molar-refractivity contribution in [2.24, 2.45) is 5.10 Å². The highest BCUT2D eigenvalue weighted by Gasteiger charge is 2.13. The van der Waals surface area contributed by atoms with Crippen LogP contribution in [0.2, 0.25) is 5.02 Å². The van der Waals surface area contributed by atoms with Gasteiger partial charge in [-0.3, -0.25) is 14.9 Å². The maximum atomic E-state index is 11.9. The number of rotatable bonds is 5. The Bertz CT molecular complexity index is 777. The predicted molar refractivity (Wildman–Crippen MR) is 89.2 cm³/mol. The number of nitro groups is 1. The molecular weight excluding hydrogens is 320 g/mol. The van der Waals surface area contributed by atoms with E-state index in [1.165, 1.54) is 12.3 Å². The third-order valence-electron chi connectivity index (χ3n) is 2.99. The molecule has 0 atom stereocenters. The number of amides is 1. The van der Waals surface area contributed by atoms with Gasteiger partial charge in [-0.1, -0.05) is 29.8 Å². The van der Waals surface area contributed by atoms with Gasteiger partial charge in [-0.15, -0.1) is 0 Å². The van der Waals surface area contributed by atoms with Crippen molar-refractivity contribution < 1.29 is 9.72 Å². The minimum Gasteiger partial charge on any atom is -0.383 e. The molecule has 1 amide bonds. The van der Waals surface area contributed by atoms with Crippen LogP contribution in [0.25, 0.3) is 0 Å². The predicted octanol–water partition coefficient (Wildman–Crippen LogP) is 3.05. The average molecular weight is 333 g/mol. The number of carbonyl (C=O) groups is 1. The van der Waals surface area contributed by atoms with E-state index in [-0.39, 0.29) is 5.69 Å².